The van der Waals surface area contributed by atoms with Gasteiger partial charge in [-0.1, -0.05) is 57.8 Å². The Labute approximate surface area is 144 Å². The molecule has 1 amide bonds. The van der Waals surface area contributed by atoms with E-state index >= 15 is 0 Å². The highest BCUT2D eigenvalue weighted by Crippen LogP contribution is 2.62. The van der Waals surface area contributed by atoms with Gasteiger partial charge in [-0.3, -0.25) is 4.79 Å². The standard InChI is InChI=1S/C18H27Cl2NO/c1-16(2)7-11-8-18(5,9-16)10-21(11)15(22)14-12(6-13(19)20)17(14,3)4/h6,11-12,14H,7-10H2,1-5H3/t11-,12+,14+,18+/m0/s1. The van der Waals surface area contributed by atoms with Crippen LogP contribution in [-0.4, -0.2) is 23.4 Å². The number of fused-ring (bicyclic) bond motifs is 2. The Balaban J connectivity index is 1.79. The number of hydrogen-bond acceptors (Lipinski definition) is 1. The van der Waals surface area contributed by atoms with Crippen molar-refractivity contribution >= 4 is 29.1 Å². The van der Waals surface area contributed by atoms with Gasteiger partial charge in [0, 0.05) is 12.6 Å². The Morgan fingerprint density at radius 3 is 2.36 bits per heavy atom. The van der Waals surface area contributed by atoms with Gasteiger partial charge in [0.05, 0.1) is 5.92 Å². The maximum atomic E-state index is 13.1. The summed E-state index contributed by atoms with van der Waals surface area (Å²) in [5, 5.41) is 0. The SMILES string of the molecule is CC1(C)C[C@H]2C[C@@](C)(CN2C(=O)[C@H]2[C@@H](C=C(Cl)Cl)C2(C)C)C1. The zero-order valence-electron chi connectivity index (χ0n) is 14.2. The largest absolute Gasteiger partial charge is 0.339 e. The van der Waals surface area contributed by atoms with E-state index in [-0.39, 0.29) is 27.2 Å². The van der Waals surface area contributed by atoms with Crippen molar-refractivity contribution in [1.82, 2.24) is 4.90 Å². The molecule has 124 valence electrons. The number of carbonyl (C=O) groups is 1. The average molecular weight is 344 g/mol. The third-order valence-electron chi connectivity index (χ3n) is 6.18. The van der Waals surface area contributed by atoms with Crippen LogP contribution in [-0.2, 0) is 4.79 Å². The van der Waals surface area contributed by atoms with Gasteiger partial charge in [0.25, 0.3) is 0 Å². The second-order valence-electron chi connectivity index (χ2n) is 9.46. The number of hydrogen-bond donors (Lipinski definition) is 0. The minimum absolute atomic E-state index is 0.0285. The first-order valence-electron chi connectivity index (χ1n) is 8.29. The first kappa shape index (κ1) is 16.6. The molecule has 1 heterocycles. The first-order valence-corrected chi connectivity index (χ1v) is 9.04. The molecule has 4 atom stereocenters. The fraction of sp³-hybridized carbons (Fsp3) is 0.833. The molecule has 0 aromatic carbocycles. The third kappa shape index (κ3) is 2.71. The first-order chi connectivity index (χ1) is 9.95. The lowest BCUT2D eigenvalue weighted by atomic mass is 9.65. The quantitative estimate of drug-likeness (QED) is 0.690. The van der Waals surface area contributed by atoms with Crippen molar-refractivity contribution in [3.8, 4) is 0 Å². The van der Waals surface area contributed by atoms with Crippen molar-refractivity contribution in [3.63, 3.8) is 0 Å². The van der Waals surface area contributed by atoms with E-state index in [0.717, 1.165) is 19.4 Å². The molecule has 2 aliphatic carbocycles. The fourth-order valence-corrected chi connectivity index (χ4v) is 5.76. The van der Waals surface area contributed by atoms with Crippen LogP contribution in [0.4, 0.5) is 0 Å². The zero-order chi connectivity index (χ0) is 16.5. The molecular weight excluding hydrogens is 317 g/mol. The Morgan fingerprint density at radius 2 is 1.77 bits per heavy atom. The molecule has 4 heteroatoms. The lowest BCUT2D eigenvalue weighted by Gasteiger charge is -2.39. The maximum Gasteiger partial charge on any atom is 0.227 e. The topological polar surface area (TPSA) is 20.3 Å². The predicted octanol–water partition coefficient (Wildman–Crippen LogP) is 5.00. The minimum atomic E-state index is -0.0285. The molecule has 0 aromatic rings. The molecule has 1 saturated heterocycles. The molecule has 3 rings (SSSR count). The van der Waals surface area contributed by atoms with E-state index in [4.69, 9.17) is 23.2 Å². The van der Waals surface area contributed by atoms with E-state index in [1.54, 1.807) is 0 Å². The van der Waals surface area contributed by atoms with Crippen LogP contribution in [0.2, 0.25) is 0 Å². The van der Waals surface area contributed by atoms with Crippen LogP contribution in [0.3, 0.4) is 0 Å². The van der Waals surface area contributed by atoms with Gasteiger partial charge in [-0.15, -0.1) is 0 Å². The summed E-state index contributed by atoms with van der Waals surface area (Å²) in [6.45, 7) is 12.2. The zero-order valence-corrected chi connectivity index (χ0v) is 15.8. The summed E-state index contributed by atoms with van der Waals surface area (Å²) in [5.41, 5.74) is 0.598. The second-order valence-corrected chi connectivity index (χ2v) is 10.5. The average Bonchev–Trinajstić information content (AvgIpc) is 2.70. The lowest BCUT2D eigenvalue weighted by molar-refractivity contribution is -0.134. The van der Waals surface area contributed by atoms with Crippen molar-refractivity contribution in [2.24, 2.45) is 28.1 Å². The number of halogens is 2. The van der Waals surface area contributed by atoms with Crippen LogP contribution < -0.4 is 0 Å². The van der Waals surface area contributed by atoms with Gasteiger partial charge in [0.15, 0.2) is 0 Å². The number of carbonyl (C=O) groups excluding carboxylic acids is 1. The summed E-state index contributed by atoms with van der Waals surface area (Å²) in [6.07, 6.45) is 5.34. The summed E-state index contributed by atoms with van der Waals surface area (Å²) >= 11 is 11.6. The Bertz CT molecular complexity index is 535. The normalized spacial score (nSPS) is 41.2. The predicted molar refractivity (Wildman–Crippen MR) is 91.8 cm³/mol. The molecule has 0 radical (unpaired) electrons. The summed E-state index contributed by atoms with van der Waals surface area (Å²) < 4.78 is 0.279. The molecule has 1 aliphatic heterocycles. The number of allylic oxidation sites excluding steroid dienone is 1. The van der Waals surface area contributed by atoms with Gasteiger partial charge in [-0.05, 0) is 47.5 Å². The molecule has 0 N–H and O–H groups in total. The summed E-state index contributed by atoms with van der Waals surface area (Å²) in [5.74, 6) is 0.518. The van der Waals surface area contributed by atoms with Crippen molar-refractivity contribution in [1.29, 1.82) is 0 Å². The molecule has 3 fully saturated rings. The van der Waals surface area contributed by atoms with E-state index in [0.29, 0.717) is 17.4 Å². The molecule has 2 saturated carbocycles. The fourth-order valence-electron chi connectivity index (χ4n) is 5.49. The molecule has 0 unspecified atom stereocenters. The van der Waals surface area contributed by atoms with Gasteiger partial charge in [0.2, 0.25) is 5.91 Å². The van der Waals surface area contributed by atoms with Gasteiger partial charge in [-0.2, -0.15) is 0 Å². The Kier molecular flexibility index (Phi) is 3.70. The highest BCUT2D eigenvalue weighted by Gasteiger charge is 2.63. The second kappa shape index (κ2) is 4.89. The summed E-state index contributed by atoms with van der Waals surface area (Å²) in [7, 11) is 0. The number of amides is 1. The molecule has 22 heavy (non-hydrogen) atoms. The number of rotatable bonds is 2. The summed E-state index contributed by atoms with van der Waals surface area (Å²) in [4.78, 5) is 15.3. The molecule has 2 bridgehead atoms. The van der Waals surface area contributed by atoms with Gasteiger partial charge in [0.1, 0.15) is 4.49 Å². The van der Waals surface area contributed by atoms with Crippen LogP contribution in [0.5, 0.6) is 0 Å². The van der Waals surface area contributed by atoms with E-state index in [9.17, 15) is 4.79 Å². The third-order valence-corrected chi connectivity index (χ3v) is 6.43. The van der Waals surface area contributed by atoms with E-state index < -0.39 is 0 Å². The Morgan fingerprint density at radius 1 is 1.14 bits per heavy atom. The molecule has 2 nitrogen and oxygen atoms in total. The Hall–Kier alpha value is -0.210. The summed E-state index contributed by atoms with van der Waals surface area (Å²) in [6, 6.07) is 0.411. The van der Waals surface area contributed by atoms with Crippen LogP contribution in [0.15, 0.2) is 10.6 Å². The highest BCUT2D eigenvalue weighted by atomic mass is 35.5. The van der Waals surface area contributed by atoms with Gasteiger partial charge < -0.3 is 4.90 Å². The molecule has 3 aliphatic rings. The van der Waals surface area contributed by atoms with Crippen LogP contribution in [0, 0.1) is 28.1 Å². The maximum absolute atomic E-state index is 13.1. The van der Waals surface area contributed by atoms with Crippen LogP contribution in [0.25, 0.3) is 0 Å². The smallest absolute Gasteiger partial charge is 0.227 e. The minimum Gasteiger partial charge on any atom is -0.339 e. The molecule has 0 spiro atoms. The van der Waals surface area contributed by atoms with Crippen molar-refractivity contribution in [3.05, 3.63) is 10.6 Å². The monoisotopic (exact) mass is 343 g/mol. The van der Waals surface area contributed by atoms with Gasteiger partial charge in [-0.25, -0.2) is 0 Å². The highest BCUT2D eigenvalue weighted by molar-refractivity contribution is 6.55. The number of likely N-dealkylation sites (tertiary alicyclic amines) is 1. The molecule has 0 aromatic heterocycles. The van der Waals surface area contributed by atoms with Crippen molar-refractivity contribution in [2.75, 3.05) is 6.54 Å². The van der Waals surface area contributed by atoms with Crippen molar-refractivity contribution < 1.29 is 4.79 Å². The van der Waals surface area contributed by atoms with Gasteiger partial charge >= 0.3 is 0 Å². The van der Waals surface area contributed by atoms with E-state index in [1.165, 1.54) is 6.42 Å². The van der Waals surface area contributed by atoms with E-state index in [1.807, 2.05) is 6.08 Å². The number of nitrogens with zero attached hydrogens (tertiary/aromatic N) is 1. The lowest BCUT2D eigenvalue weighted by Crippen LogP contribution is -2.39. The van der Waals surface area contributed by atoms with Crippen LogP contribution in [0.1, 0.15) is 53.9 Å². The van der Waals surface area contributed by atoms with Crippen molar-refractivity contribution in [2.45, 2.75) is 59.9 Å². The van der Waals surface area contributed by atoms with Crippen LogP contribution >= 0.6 is 23.2 Å². The van der Waals surface area contributed by atoms with E-state index in [2.05, 4.69) is 39.5 Å². The molecular formula is C18H27Cl2NO.